The Morgan fingerprint density at radius 2 is 1.71 bits per heavy atom. The molecule has 1 heterocycles. The molecule has 0 radical (unpaired) electrons. The van der Waals surface area contributed by atoms with Crippen molar-refractivity contribution in [2.75, 3.05) is 19.5 Å². The Balaban J connectivity index is 2.02. The van der Waals surface area contributed by atoms with Gasteiger partial charge < -0.3 is 14.8 Å². The first-order valence-electron chi connectivity index (χ1n) is 8.26. The predicted molar refractivity (Wildman–Crippen MR) is 101 cm³/mol. The summed E-state index contributed by atoms with van der Waals surface area (Å²) in [5.74, 6) is 1.32. The van der Waals surface area contributed by atoms with Crippen LogP contribution in [0.15, 0.2) is 36.4 Å². The molecule has 1 atom stereocenters. The number of nitrogens with one attached hydrogen (secondary N) is 1. The minimum absolute atomic E-state index is 0.00142. The number of alkyl halides is 3. The van der Waals surface area contributed by atoms with Gasteiger partial charge in [-0.05, 0) is 42.3 Å². The summed E-state index contributed by atoms with van der Waals surface area (Å²) in [5.41, 5.74) is 0.255. The van der Waals surface area contributed by atoms with E-state index in [1.165, 1.54) is 20.3 Å². The van der Waals surface area contributed by atoms with Gasteiger partial charge in [0.05, 0.1) is 25.3 Å². The highest BCUT2D eigenvalue weighted by molar-refractivity contribution is 6.28. The van der Waals surface area contributed by atoms with Gasteiger partial charge in [0.25, 0.3) is 0 Å². The van der Waals surface area contributed by atoms with E-state index in [0.717, 1.165) is 12.1 Å². The zero-order valence-corrected chi connectivity index (χ0v) is 16.0. The number of anilines is 1. The quantitative estimate of drug-likeness (QED) is 0.562. The third-order valence-corrected chi connectivity index (χ3v) is 4.41. The highest BCUT2D eigenvalue weighted by Crippen LogP contribution is 2.36. The number of benzene rings is 2. The zero-order chi connectivity index (χ0) is 20.5. The van der Waals surface area contributed by atoms with Crippen molar-refractivity contribution in [1.29, 1.82) is 0 Å². The number of hydrogen-bond acceptors (Lipinski definition) is 5. The number of fused-ring (bicyclic) bond motifs is 1. The first-order valence-corrected chi connectivity index (χ1v) is 8.63. The summed E-state index contributed by atoms with van der Waals surface area (Å²) in [7, 11) is 3.00. The van der Waals surface area contributed by atoms with Crippen LogP contribution >= 0.6 is 11.6 Å². The van der Waals surface area contributed by atoms with Gasteiger partial charge in [-0.25, -0.2) is 9.97 Å². The molecule has 0 fully saturated rings. The number of aromatic nitrogens is 2. The average molecular weight is 412 g/mol. The van der Waals surface area contributed by atoms with Crippen molar-refractivity contribution in [3.05, 3.63) is 52.8 Å². The van der Waals surface area contributed by atoms with Crippen LogP contribution < -0.4 is 14.8 Å². The highest BCUT2D eigenvalue weighted by atomic mass is 35.5. The number of nitrogens with zero attached hydrogens (tertiary/aromatic N) is 2. The molecule has 0 amide bonds. The minimum atomic E-state index is -4.41. The lowest BCUT2D eigenvalue weighted by Gasteiger charge is -2.18. The van der Waals surface area contributed by atoms with Crippen molar-refractivity contribution in [1.82, 2.24) is 9.97 Å². The van der Waals surface area contributed by atoms with Crippen LogP contribution in [-0.2, 0) is 6.18 Å². The molecular formula is C19H17ClF3N3O2. The molecule has 28 heavy (non-hydrogen) atoms. The van der Waals surface area contributed by atoms with Crippen LogP contribution in [0.25, 0.3) is 10.9 Å². The highest BCUT2D eigenvalue weighted by Gasteiger charge is 2.30. The van der Waals surface area contributed by atoms with E-state index in [4.69, 9.17) is 21.1 Å². The van der Waals surface area contributed by atoms with Crippen molar-refractivity contribution >= 4 is 28.3 Å². The van der Waals surface area contributed by atoms with E-state index in [2.05, 4.69) is 15.3 Å². The second-order valence-electron chi connectivity index (χ2n) is 6.05. The van der Waals surface area contributed by atoms with E-state index in [1.807, 2.05) is 0 Å². The summed E-state index contributed by atoms with van der Waals surface area (Å²) in [6.07, 6.45) is -4.41. The maximum Gasteiger partial charge on any atom is 0.416 e. The van der Waals surface area contributed by atoms with Gasteiger partial charge in [0.15, 0.2) is 11.5 Å². The van der Waals surface area contributed by atoms with Gasteiger partial charge in [-0.3, -0.25) is 0 Å². The van der Waals surface area contributed by atoms with E-state index >= 15 is 0 Å². The third kappa shape index (κ3) is 4.06. The van der Waals surface area contributed by atoms with Gasteiger partial charge in [-0.2, -0.15) is 13.2 Å². The Morgan fingerprint density at radius 3 is 2.36 bits per heavy atom. The first kappa shape index (κ1) is 20.0. The van der Waals surface area contributed by atoms with E-state index < -0.39 is 17.8 Å². The fraction of sp³-hybridized carbons (Fsp3) is 0.263. The fourth-order valence-corrected chi connectivity index (χ4v) is 2.99. The Morgan fingerprint density at radius 1 is 1.04 bits per heavy atom. The van der Waals surface area contributed by atoms with Gasteiger partial charge in [0, 0.05) is 17.5 Å². The molecule has 9 heteroatoms. The van der Waals surface area contributed by atoms with Gasteiger partial charge in [0.1, 0.15) is 5.82 Å². The van der Waals surface area contributed by atoms with Crippen molar-refractivity contribution < 1.29 is 22.6 Å². The molecule has 0 bridgehead atoms. The van der Waals surface area contributed by atoms with Crippen LogP contribution in [0.1, 0.15) is 24.1 Å². The number of ether oxygens (including phenoxy) is 2. The average Bonchev–Trinajstić information content (AvgIpc) is 2.66. The van der Waals surface area contributed by atoms with Crippen molar-refractivity contribution in [3.63, 3.8) is 0 Å². The SMILES string of the molecule is COc1cc2nc(Cl)nc(NC(C)c3cccc(C(F)(F)F)c3)c2cc1OC. The zero-order valence-electron chi connectivity index (χ0n) is 15.3. The second kappa shape index (κ2) is 7.71. The molecule has 3 aromatic rings. The third-order valence-electron chi connectivity index (χ3n) is 4.24. The Kier molecular flexibility index (Phi) is 5.51. The number of rotatable bonds is 5. The minimum Gasteiger partial charge on any atom is -0.493 e. The summed E-state index contributed by atoms with van der Waals surface area (Å²) in [6.45, 7) is 1.73. The molecule has 0 aliphatic carbocycles. The Bertz CT molecular complexity index is 1010. The molecular weight excluding hydrogens is 395 g/mol. The maximum atomic E-state index is 13.0. The lowest BCUT2D eigenvalue weighted by atomic mass is 10.0. The predicted octanol–water partition coefficient (Wildman–Crippen LogP) is 5.49. The summed E-state index contributed by atoms with van der Waals surface area (Å²) in [6, 6.07) is 7.99. The smallest absolute Gasteiger partial charge is 0.416 e. The van der Waals surface area contributed by atoms with Gasteiger partial charge >= 0.3 is 6.18 Å². The number of halogens is 4. The molecule has 0 saturated carbocycles. The van der Waals surface area contributed by atoms with Crippen LogP contribution in [0.3, 0.4) is 0 Å². The second-order valence-corrected chi connectivity index (χ2v) is 6.39. The molecule has 0 spiro atoms. The lowest BCUT2D eigenvalue weighted by molar-refractivity contribution is -0.137. The molecule has 148 valence electrons. The van der Waals surface area contributed by atoms with E-state index in [-0.39, 0.29) is 5.28 Å². The van der Waals surface area contributed by atoms with Crippen molar-refractivity contribution in [2.24, 2.45) is 0 Å². The Hall–Kier alpha value is -2.74. The number of methoxy groups -OCH3 is 2. The fourth-order valence-electron chi connectivity index (χ4n) is 2.81. The Labute approximate surface area is 164 Å². The van der Waals surface area contributed by atoms with Crippen LogP contribution in [-0.4, -0.2) is 24.2 Å². The topological polar surface area (TPSA) is 56.3 Å². The largest absolute Gasteiger partial charge is 0.493 e. The molecule has 1 unspecified atom stereocenters. The molecule has 0 aliphatic heterocycles. The van der Waals surface area contributed by atoms with E-state index in [9.17, 15) is 13.2 Å². The first-order chi connectivity index (χ1) is 13.2. The van der Waals surface area contributed by atoms with Crippen LogP contribution in [0, 0.1) is 0 Å². The molecule has 2 aromatic carbocycles. The summed E-state index contributed by atoms with van der Waals surface area (Å²) >= 11 is 6.02. The molecule has 1 N–H and O–H groups in total. The van der Waals surface area contributed by atoms with Crippen molar-refractivity contribution in [3.8, 4) is 11.5 Å². The molecule has 3 rings (SSSR count). The van der Waals surface area contributed by atoms with Gasteiger partial charge in [-0.15, -0.1) is 0 Å². The van der Waals surface area contributed by atoms with E-state index in [1.54, 1.807) is 25.1 Å². The van der Waals surface area contributed by atoms with Crippen molar-refractivity contribution in [2.45, 2.75) is 19.1 Å². The molecule has 0 aliphatic rings. The number of hydrogen-bond donors (Lipinski definition) is 1. The van der Waals surface area contributed by atoms with E-state index in [0.29, 0.717) is 33.8 Å². The summed E-state index contributed by atoms with van der Waals surface area (Å²) < 4.78 is 49.5. The standard InChI is InChI=1S/C19H17ClF3N3O2/c1-10(11-5-4-6-12(7-11)19(21,22)23)24-17-13-8-15(27-2)16(28-3)9-14(13)25-18(20)26-17/h4-10H,1-3H3,(H,24,25,26). The monoisotopic (exact) mass is 411 g/mol. The van der Waals surface area contributed by atoms with Gasteiger partial charge in [-0.1, -0.05) is 12.1 Å². The molecule has 5 nitrogen and oxygen atoms in total. The van der Waals surface area contributed by atoms with Gasteiger partial charge in [0.2, 0.25) is 5.28 Å². The summed E-state index contributed by atoms with van der Waals surface area (Å²) in [4.78, 5) is 8.37. The lowest BCUT2D eigenvalue weighted by Crippen LogP contribution is -2.11. The van der Waals surface area contributed by atoms with Crippen LogP contribution in [0.5, 0.6) is 11.5 Å². The maximum absolute atomic E-state index is 13.0. The molecule has 0 saturated heterocycles. The summed E-state index contributed by atoms with van der Waals surface area (Å²) in [5, 5.41) is 3.71. The normalized spacial score (nSPS) is 12.7. The molecule has 1 aromatic heterocycles. The van der Waals surface area contributed by atoms with Crippen LogP contribution in [0.2, 0.25) is 5.28 Å². The van der Waals surface area contributed by atoms with Crippen LogP contribution in [0.4, 0.5) is 19.0 Å².